The van der Waals surface area contributed by atoms with Crippen molar-refractivity contribution in [2.75, 3.05) is 5.73 Å². The fourth-order valence-corrected chi connectivity index (χ4v) is 1.25. The summed E-state index contributed by atoms with van der Waals surface area (Å²) in [6.07, 6.45) is 1.80. The third-order valence-electron chi connectivity index (χ3n) is 1.86. The van der Waals surface area contributed by atoms with Crippen molar-refractivity contribution in [1.29, 1.82) is 0 Å². The molecule has 2 rings (SSSR count). The average Bonchev–Trinajstić information content (AvgIpc) is 2.52. The van der Waals surface area contributed by atoms with Crippen LogP contribution in [0.5, 0.6) is 0 Å². The van der Waals surface area contributed by atoms with E-state index in [0.29, 0.717) is 0 Å². The highest BCUT2D eigenvalue weighted by Gasteiger charge is 2.00. The molecule has 15 heavy (non-hydrogen) atoms. The number of H-pyrrole nitrogens is 1. The molecule has 0 aliphatic carbocycles. The largest absolute Gasteiger partial charge is 0.399 e. The molecule has 0 aliphatic rings. The first-order valence-corrected chi connectivity index (χ1v) is 4.13. The molecule has 0 saturated carbocycles. The Balaban J connectivity index is 0.000000980. The molecule has 0 spiro atoms. The number of imidazole rings is 1. The number of aryl methyl sites for hydroxylation is 1. The fraction of sp³-hybridized carbons (Fsp3) is 0.100. The fourth-order valence-electron chi connectivity index (χ4n) is 1.25. The highest BCUT2D eigenvalue weighted by Crippen LogP contribution is 2.17. The number of halogens is 2. The summed E-state index contributed by atoms with van der Waals surface area (Å²) in [7, 11) is 0. The van der Waals surface area contributed by atoms with Crippen LogP contribution < -0.4 is 5.73 Å². The number of anilines is 1. The number of benzene rings is 1. The molecular formula is C10H13Cl2N3. The van der Waals surface area contributed by atoms with Gasteiger partial charge in [-0.25, -0.2) is 4.98 Å². The zero-order valence-corrected chi connectivity index (χ0v) is 9.86. The maximum atomic E-state index is 5.66. The van der Waals surface area contributed by atoms with Crippen molar-refractivity contribution >= 4 is 30.5 Å². The highest BCUT2D eigenvalue weighted by molar-refractivity contribution is 5.85. The third kappa shape index (κ3) is 3.15. The summed E-state index contributed by atoms with van der Waals surface area (Å²) >= 11 is 0. The van der Waals surface area contributed by atoms with Gasteiger partial charge < -0.3 is 10.7 Å². The van der Waals surface area contributed by atoms with E-state index in [-0.39, 0.29) is 24.8 Å². The second-order valence-electron chi connectivity index (χ2n) is 3.04. The predicted molar refractivity (Wildman–Crippen MR) is 67.7 cm³/mol. The van der Waals surface area contributed by atoms with Crippen LogP contribution >= 0.6 is 24.8 Å². The molecule has 0 fully saturated rings. The van der Waals surface area contributed by atoms with Crippen LogP contribution in [0.1, 0.15) is 5.69 Å². The van der Waals surface area contributed by atoms with E-state index >= 15 is 0 Å². The summed E-state index contributed by atoms with van der Waals surface area (Å²) in [6.45, 7) is 1.97. The summed E-state index contributed by atoms with van der Waals surface area (Å²) in [5.74, 6) is 0.866. The van der Waals surface area contributed by atoms with Crippen LogP contribution in [-0.4, -0.2) is 9.97 Å². The van der Waals surface area contributed by atoms with Crippen LogP contribution in [0.15, 0.2) is 30.5 Å². The van der Waals surface area contributed by atoms with Crippen molar-refractivity contribution in [3.63, 3.8) is 0 Å². The lowest BCUT2D eigenvalue weighted by Crippen LogP contribution is -1.86. The van der Waals surface area contributed by atoms with Crippen LogP contribution in [0.2, 0.25) is 0 Å². The molecule has 0 unspecified atom stereocenters. The Bertz CT molecular complexity index is 426. The Labute approximate surface area is 101 Å². The monoisotopic (exact) mass is 245 g/mol. The van der Waals surface area contributed by atoms with E-state index < -0.39 is 0 Å². The number of aromatic nitrogens is 2. The van der Waals surface area contributed by atoms with E-state index in [0.717, 1.165) is 22.8 Å². The Kier molecular flexibility index (Phi) is 5.19. The smallest absolute Gasteiger partial charge is 0.137 e. The topological polar surface area (TPSA) is 54.7 Å². The lowest BCUT2D eigenvalue weighted by Gasteiger charge is -1.97. The van der Waals surface area contributed by atoms with Crippen molar-refractivity contribution < 1.29 is 0 Å². The number of rotatable bonds is 1. The first kappa shape index (κ1) is 13.8. The van der Waals surface area contributed by atoms with E-state index in [1.165, 1.54) is 0 Å². The molecule has 1 aromatic carbocycles. The number of nitrogens with one attached hydrogen (secondary N) is 1. The normalized spacial score (nSPS) is 8.87. The zero-order chi connectivity index (χ0) is 9.26. The van der Waals surface area contributed by atoms with Gasteiger partial charge in [0.1, 0.15) is 5.82 Å². The summed E-state index contributed by atoms with van der Waals surface area (Å²) in [5.41, 5.74) is 8.49. The van der Waals surface area contributed by atoms with Gasteiger partial charge in [0, 0.05) is 23.1 Å². The maximum Gasteiger partial charge on any atom is 0.137 e. The second-order valence-corrected chi connectivity index (χ2v) is 3.04. The van der Waals surface area contributed by atoms with Crippen molar-refractivity contribution in [2.45, 2.75) is 6.92 Å². The van der Waals surface area contributed by atoms with Crippen LogP contribution in [0, 0.1) is 6.92 Å². The van der Waals surface area contributed by atoms with Gasteiger partial charge in [-0.15, -0.1) is 24.8 Å². The Morgan fingerprint density at radius 2 is 2.00 bits per heavy atom. The van der Waals surface area contributed by atoms with Crippen molar-refractivity contribution in [3.05, 3.63) is 36.2 Å². The molecule has 0 bridgehead atoms. The summed E-state index contributed by atoms with van der Waals surface area (Å²) in [5, 5.41) is 0. The molecule has 0 atom stereocenters. The van der Waals surface area contributed by atoms with Gasteiger partial charge in [0.15, 0.2) is 0 Å². The van der Waals surface area contributed by atoms with Crippen molar-refractivity contribution in [1.82, 2.24) is 9.97 Å². The number of nitrogens with two attached hydrogens (primary N) is 1. The molecule has 0 amide bonds. The molecule has 0 saturated heterocycles. The molecule has 1 heterocycles. The van der Waals surface area contributed by atoms with Crippen molar-refractivity contribution in [2.24, 2.45) is 0 Å². The maximum absolute atomic E-state index is 5.66. The van der Waals surface area contributed by atoms with E-state index in [1.54, 1.807) is 6.20 Å². The van der Waals surface area contributed by atoms with Crippen LogP contribution in [-0.2, 0) is 0 Å². The van der Waals surface area contributed by atoms with Crippen LogP contribution in [0.4, 0.5) is 5.69 Å². The number of nitrogens with zero attached hydrogens (tertiary/aromatic N) is 1. The van der Waals surface area contributed by atoms with E-state index in [2.05, 4.69) is 9.97 Å². The molecule has 3 N–H and O–H groups in total. The van der Waals surface area contributed by atoms with Gasteiger partial charge in [-0.3, -0.25) is 0 Å². The molecular weight excluding hydrogens is 233 g/mol. The first-order valence-electron chi connectivity index (χ1n) is 4.13. The lowest BCUT2D eigenvalue weighted by molar-refractivity contribution is 1.26. The Hall–Kier alpha value is -1.19. The van der Waals surface area contributed by atoms with Gasteiger partial charge in [0.25, 0.3) is 0 Å². The Morgan fingerprint density at radius 3 is 2.53 bits per heavy atom. The summed E-state index contributed by atoms with van der Waals surface area (Å²) in [4.78, 5) is 7.37. The third-order valence-corrected chi connectivity index (χ3v) is 1.86. The minimum atomic E-state index is 0. The number of aromatic amines is 1. The highest BCUT2D eigenvalue weighted by atomic mass is 35.5. The standard InChI is InChI=1S/C10H11N3.2ClH/c1-7-6-12-10(13-7)8-3-2-4-9(11)5-8;;/h2-6H,11H2,1H3,(H,12,13);2*1H. The average molecular weight is 246 g/mol. The van der Waals surface area contributed by atoms with Gasteiger partial charge in [-0.1, -0.05) is 12.1 Å². The predicted octanol–water partition coefficient (Wildman–Crippen LogP) is 2.81. The van der Waals surface area contributed by atoms with Crippen LogP contribution in [0.25, 0.3) is 11.4 Å². The van der Waals surface area contributed by atoms with E-state index in [4.69, 9.17) is 5.73 Å². The molecule has 1 aromatic heterocycles. The summed E-state index contributed by atoms with van der Waals surface area (Å²) in [6, 6.07) is 7.66. The minimum absolute atomic E-state index is 0. The Morgan fingerprint density at radius 1 is 1.27 bits per heavy atom. The van der Waals surface area contributed by atoms with Crippen molar-refractivity contribution in [3.8, 4) is 11.4 Å². The van der Waals surface area contributed by atoms with Crippen LogP contribution in [0.3, 0.4) is 0 Å². The minimum Gasteiger partial charge on any atom is -0.399 e. The van der Waals surface area contributed by atoms with E-state index in [1.807, 2.05) is 31.2 Å². The first-order chi connectivity index (χ1) is 6.25. The molecule has 82 valence electrons. The molecule has 0 radical (unpaired) electrons. The number of hydrogen-bond donors (Lipinski definition) is 2. The number of hydrogen-bond acceptors (Lipinski definition) is 2. The number of nitrogen functional groups attached to an aromatic ring is 1. The molecule has 2 aromatic rings. The quantitative estimate of drug-likeness (QED) is 0.760. The van der Waals surface area contributed by atoms with Gasteiger partial charge in [0.2, 0.25) is 0 Å². The SMILES string of the molecule is Cc1cnc(-c2cccc(N)c2)[nH]1.Cl.Cl. The van der Waals surface area contributed by atoms with Gasteiger partial charge in [0.05, 0.1) is 0 Å². The van der Waals surface area contributed by atoms with Gasteiger partial charge in [-0.2, -0.15) is 0 Å². The lowest BCUT2D eigenvalue weighted by atomic mass is 10.2. The molecule has 5 heteroatoms. The zero-order valence-electron chi connectivity index (χ0n) is 8.23. The summed E-state index contributed by atoms with van der Waals surface area (Å²) < 4.78 is 0. The van der Waals surface area contributed by atoms with Gasteiger partial charge >= 0.3 is 0 Å². The molecule has 0 aliphatic heterocycles. The molecule has 3 nitrogen and oxygen atoms in total. The van der Waals surface area contributed by atoms with Gasteiger partial charge in [-0.05, 0) is 19.1 Å². The van der Waals surface area contributed by atoms with E-state index in [9.17, 15) is 0 Å². The second kappa shape index (κ2) is 5.63.